The van der Waals surface area contributed by atoms with Crippen molar-refractivity contribution in [1.29, 1.82) is 0 Å². The molecule has 1 unspecified atom stereocenters. The highest BCUT2D eigenvalue weighted by molar-refractivity contribution is 6.02. The van der Waals surface area contributed by atoms with E-state index in [-0.39, 0.29) is 5.82 Å². The molecule has 1 aromatic heterocycles. The molecule has 4 rings (SSSR count). The van der Waals surface area contributed by atoms with Gasteiger partial charge >= 0.3 is 0 Å². The largest absolute Gasteiger partial charge is 0.497 e. The summed E-state index contributed by atoms with van der Waals surface area (Å²) in [5, 5.41) is 0.651. The van der Waals surface area contributed by atoms with Gasteiger partial charge in [-0.3, -0.25) is 9.88 Å². The minimum absolute atomic E-state index is 0.375. The summed E-state index contributed by atoms with van der Waals surface area (Å²) in [6.45, 7) is 3.20. The number of hydrogen-bond acceptors (Lipinski definition) is 5. The number of ether oxygens (including phenoxy) is 1. The van der Waals surface area contributed by atoms with Crippen LogP contribution in [0.3, 0.4) is 0 Å². The van der Waals surface area contributed by atoms with Crippen LogP contribution in [0, 0.1) is 5.82 Å². The van der Waals surface area contributed by atoms with Crippen LogP contribution in [0.4, 0.5) is 10.1 Å². The number of nitrogens with zero attached hydrogens (tertiary/aromatic N) is 2. The van der Waals surface area contributed by atoms with E-state index in [4.69, 9.17) is 15.5 Å². The van der Waals surface area contributed by atoms with E-state index in [0.29, 0.717) is 46.6 Å². The van der Waals surface area contributed by atoms with Crippen molar-refractivity contribution >= 4 is 22.9 Å². The van der Waals surface area contributed by atoms with Gasteiger partial charge in [-0.15, -0.1) is 0 Å². The SMILES string of the molecule is CCN1Cc2nc3c(-c4cccc(OC)c4)c(F)ccc3c(N)c2C1C=O. The number of aldehydes is 1. The molecular weight excluding hydrogens is 345 g/mol. The third kappa shape index (κ3) is 2.64. The molecule has 0 saturated carbocycles. The maximum absolute atomic E-state index is 14.8. The van der Waals surface area contributed by atoms with Crippen molar-refractivity contribution in [3.63, 3.8) is 0 Å². The summed E-state index contributed by atoms with van der Waals surface area (Å²) < 4.78 is 20.1. The smallest absolute Gasteiger partial charge is 0.141 e. The number of methoxy groups -OCH3 is 1. The van der Waals surface area contributed by atoms with Crippen molar-refractivity contribution in [3.8, 4) is 16.9 Å². The molecule has 27 heavy (non-hydrogen) atoms. The van der Waals surface area contributed by atoms with Crippen LogP contribution in [0.1, 0.15) is 24.2 Å². The number of anilines is 1. The zero-order chi connectivity index (χ0) is 19.1. The molecule has 138 valence electrons. The van der Waals surface area contributed by atoms with Gasteiger partial charge in [0.1, 0.15) is 17.9 Å². The molecule has 2 N–H and O–H groups in total. The fraction of sp³-hybridized carbons (Fsp3) is 0.238. The Bertz CT molecular complexity index is 1050. The first-order valence-corrected chi connectivity index (χ1v) is 8.83. The quantitative estimate of drug-likeness (QED) is 0.714. The Morgan fingerprint density at radius 1 is 1.37 bits per heavy atom. The Morgan fingerprint density at radius 3 is 2.89 bits per heavy atom. The lowest BCUT2D eigenvalue weighted by molar-refractivity contribution is -0.112. The second-order valence-corrected chi connectivity index (χ2v) is 6.58. The zero-order valence-corrected chi connectivity index (χ0v) is 15.2. The molecule has 6 heteroatoms. The third-order valence-electron chi connectivity index (χ3n) is 5.20. The van der Waals surface area contributed by atoms with Crippen molar-refractivity contribution in [2.75, 3.05) is 19.4 Å². The van der Waals surface area contributed by atoms with E-state index in [9.17, 15) is 9.18 Å². The highest BCUT2D eigenvalue weighted by Crippen LogP contribution is 2.41. The van der Waals surface area contributed by atoms with E-state index in [1.807, 2.05) is 24.0 Å². The van der Waals surface area contributed by atoms with E-state index >= 15 is 0 Å². The van der Waals surface area contributed by atoms with Crippen LogP contribution in [0.25, 0.3) is 22.0 Å². The number of likely N-dealkylation sites (N-methyl/N-ethyl adjacent to an activating group) is 1. The zero-order valence-electron chi connectivity index (χ0n) is 15.2. The summed E-state index contributed by atoms with van der Waals surface area (Å²) in [6.07, 6.45) is 0.895. The third-order valence-corrected chi connectivity index (χ3v) is 5.20. The predicted octanol–water partition coefficient (Wildman–Crippen LogP) is 3.71. The van der Waals surface area contributed by atoms with E-state index in [1.54, 1.807) is 25.3 Å². The Kier molecular flexibility index (Phi) is 4.28. The minimum atomic E-state index is -0.410. The van der Waals surface area contributed by atoms with Gasteiger partial charge in [-0.05, 0) is 36.4 Å². The predicted molar refractivity (Wildman–Crippen MR) is 103 cm³/mol. The fourth-order valence-electron chi connectivity index (χ4n) is 3.84. The molecular formula is C21H20FN3O2. The van der Waals surface area contributed by atoms with Gasteiger partial charge in [0.25, 0.3) is 0 Å². The molecule has 0 fully saturated rings. The number of pyridine rings is 1. The molecule has 1 aliphatic heterocycles. The molecule has 0 aliphatic carbocycles. The maximum Gasteiger partial charge on any atom is 0.141 e. The number of carbonyl (C=O) groups is 1. The summed E-state index contributed by atoms with van der Waals surface area (Å²) in [4.78, 5) is 18.4. The summed E-state index contributed by atoms with van der Waals surface area (Å²) in [5.41, 5.74) is 9.95. The summed E-state index contributed by atoms with van der Waals surface area (Å²) in [5.74, 6) is 0.260. The van der Waals surface area contributed by atoms with Crippen LogP contribution in [0.5, 0.6) is 5.75 Å². The van der Waals surface area contributed by atoms with Crippen molar-refractivity contribution in [2.45, 2.75) is 19.5 Å². The molecule has 3 aromatic rings. The van der Waals surface area contributed by atoms with Gasteiger partial charge in [0, 0.05) is 28.7 Å². The summed E-state index contributed by atoms with van der Waals surface area (Å²) in [6, 6.07) is 9.82. The van der Waals surface area contributed by atoms with Gasteiger partial charge < -0.3 is 15.3 Å². The van der Waals surface area contributed by atoms with Gasteiger partial charge in [-0.1, -0.05) is 19.1 Å². The normalized spacial score (nSPS) is 16.5. The minimum Gasteiger partial charge on any atom is -0.497 e. The summed E-state index contributed by atoms with van der Waals surface area (Å²) >= 11 is 0. The first kappa shape index (κ1) is 17.4. The lowest BCUT2D eigenvalue weighted by Gasteiger charge is -2.18. The van der Waals surface area contributed by atoms with Gasteiger partial charge in [0.2, 0.25) is 0 Å². The molecule has 2 aromatic carbocycles. The second-order valence-electron chi connectivity index (χ2n) is 6.58. The van der Waals surface area contributed by atoms with Gasteiger partial charge in [0.15, 0.2) is 0 Å². The van der Waals surface area contributed by atoms with Crippen molar-refractivity contribution in [1.82, 2.24) is 9.88 Å². The number of aromatic nitrogens is 1. The number of fused-ring (bicyclic) bond motifs is 2. The van der Waals surface area contributed by atoms with Crippen LogP contribution in [-0.4, -0.2) is 29.8 Å². The number of carbonyl (C=O) groups excluding carboxylic acids is 1. The van der Waals surface area contributed by atoms with Crippen molar-refractivity contribution < 1.29 is 13.9 Å². The first-order chi connectivity index (χ1) is 13.1. The van der Waals surface area contributed by atoms with E-state index in [0.717, 1.165) is 17.5 Å². The molecule has 1 aliphatic rings. The average molecular weight is 365 g/mol. The molecule has 2 heterocycles. The summed E-state index contributed by atoms with van der Waals surface area (Å²) in [7, 11) is 1.57. The lowest BCUT2D eigenvalue weighted by atomic mass is 9.97. The van der Waals surface area contributed by atoms with Gasteiger partial charge in [-0.2, -0.15) is 0 Å². The van der Waals surface area contributed by atoms with Crippen LogP contribution < -0.4 is 10.5 Å². The number of nitrogens with two attached hydrogens (primary N) is 1. The van der Waals surface area contributed by atoms with Gasteiger partial charge in [0.05, 0.1) is 24.4 Å². The highest BCUT2D eigenvalue weighted by atomic mass is 19.1. The second kappa shape index (κ2) is 6.63. The fourth-order valence-corrected chi connectivity index (χ4v) is 3.84. The Morgan fingerprint density at radius 2 is 2.19 bits per heavy atom. The monoisotopic (exact) mass is 365 g/mol. The maximum atomic E-state index is 14.8. The molecule has 0 spiro atoms. The Hall–Kier alpha value is -2.99. The van der Waals surface area contributed by atoms with E-state index in [2.05, 4.69) is 0 Å². The first-order valence-electron chi connectivity index (χ1n) is 8.83. The Balaban J connectivity index is 2.01. The average Bonchev–Trinajstić information content (AvgIpc) is 3.05. The molecule has 0 radical (unpaired) electrons. The number of nitrogen functional groups attached to an aromatic ring is 1. The lowest BCUT2D eigenvalue weighted by Crippen LogP contribution is -2.22. The van der Waals surface area contributed by atoms with E-state index < -0.39 is 6.04 Å². The highest BCUT2D eigenvalue weighted by Gasteiger charge is 2.33. The van der Waals surface area contributed by atoms with Crippen LogP contribution >= 0.6 is 0 Å². The molecule has 0 amide bonds. The number of halogens is 1. The molecule has 5 nitrogen and oxygen atoms in total. The topological polar surface area (TPSA) is 68.5 Å². The van der Waals surface area contributed by atoms with Crippen LogP contribution in [-0.2, 0) is 11.3 Å². The molecule has 0 bridgehead atoms. The van der Waals surface area contributed by atoms with Crippen molar-refractivity contribution in [3.05, 3.63) is 53.5 Å². The molecule has 0 saturated heterocycles. The molecule has 1 atom stereocenters. The standard InChI is InChI=1S/C21H20FN3O2/c1-3-25-10-16-19(17(25)11-26)20(23)14-7-8-15(22)18(21(14)24-16)12-5-4-6-13(9-12)27-2/h4-9,11,17H,3,10H2,1-2H3,(H2,23,24). The van der Waals surface area contributed by atoms with Crippen LogP contribution in [0.15, 0.2) is 36.4 Å². The number of hydrogen-bond donors (Lipinski definition) is 1. The van der Waals surface area contributed by atoms with Crippen molar-refractivity contribution in [2.24, 2.45) is 0 Å². The van der Waals surface area contributed by atoms with E-state index in [1.165, 1.54) is 6.07 Å². The number of rotatable bonds is 4. The Labute approximate surface area is 156 Å². The van der Waals surface area contributed by atoms with Gasteiger partial charge in [-0.25, -0.2) is 4.39 Å². The number of benzene rings is 2. The van der Waals surface area contributed by atoms with Crippen LogP contribution in [0.2, 0.25) is 0 Å².